The standard InChI is InChI=1S/C17H12O4S/c18-17(12-6-2-1-3-7-12)21-16-11-14(22(19)20)10-13-8-4-5-9-15(13)16/h1-11H,(H,19,20)/p-1. The molecule has 1 atom stereocenters. The van der Waals surface area contributed by atoms with E-state index in [4.69, 9.17) is 4.74 Å². The van der Waals surface area contributed by atoms with Gasteiger partial charge >= 0.3 is 5.97 Å². The number of ether oxygens (including phenoxy) is 1. The van der Waals surface area contributed by atoms with Gasteiger partial charge in [0, 0.05) is 10.3 Å². The van der Waals surface area contributed by atoms with E-state index in [0.717, 1.165) is 0 Å². The molecule has 4 nitrogen and oxygen atoms in total. The maximum Gasteiger partial charge on any atom is 0.343 e. The fourth-order valence-electron chi connectivity index (χ4n) is 2.16. The molecule has 3 aromatic rings. The third-order valence-electron chi connectivity index (χ3n) is 3.20. The number of rotatable bonds is 3. The van der Waals surface area contributed by atoms with Crippen LogP contribution in [-0.2, 0) is 11.1 Å². The van der Waals surface area contributed by atoms with Gasteiger partial charge in [0.1, 0.15) is 5.75 Å². The number of esters is 1. The van der Waals surface area contributed by atoms with Crippen LogP contribution in [0.3, 0.4) is 0 Å². The summed E-state index contributed by atoms with van der Waals surface area (Å²) >= 11 is -2.40. The van der Waals surface area contributed by atoms with Crippen molar-refractivity contribution in [3.8, 4) is 5.75 Å². The molecule has 0 aliphatic carbocycles. The zero-order valence-electron chi connectivity index (χ0n) is 11.4. The van der Waals surface area contributed by atoms with Crippen molar-refractivity contribution in [2.75, 3.05) is 0 Å². The Labute approximate surface area is 129 Å². The first-order valence-corrected chi connectivity index (χ1v) is 7.62. The Morgan fingerprint density at radius 3 is 2.36 bits per heavy atom. The second-order valence-electron chi connectivity index (χ2n) is 4.63. The van der Waals surface area contributed by atoms with E-state index in [2.05, 4.69) is 0 Å². The fraction of sp³-hybridized carbons (Fsp3) is 0. The van der Waals surface area contributed by atoms with Crippen LogP contribution in [0.5, 0.6) is 5.75 Å². The summed E-state index contributed by atoms with van der Waals surface area (Å²) in [7, 11) is 0. The van der Waals surface area contributed by atoms with E-state index in [-0.39, 0.29) is 10.6 Å². The van der Waals surface area contributed by atoms with Crippen molar-refractivity contribution in [1.29, 1.82) is 0 Å². The summed E-state index contributed by atoms with van der Waals surface area (Å²) in [5.74, 6) is -0.300. The normalized spacial score (nSPS) is 12.0. The maximum absolute atomic E-state index is 12.2. The van der Waals surface area contributed by atoms with Crippen molar-refractivity contribution in [3.63, 3.8) is 0 Å². The lowest BCUT2D eigenvalue weighted by molar-refractivity contribution is 0.0736. The summed E-state index contributed by atoms with van der Waals surface area (Å²) in [5.41, 5.74) is 0.403. The van der Waals surface area contributed by atoms with Crippen molar-refractivity contribution in [2.45, 2.75) is 4.90 Å². The van der Waals surface area contributed by atoms with Crippen LogP contribution >= 0.6 is 0 Å². The van der Waals surface area contributed by atoms with Gasteiger partial charge < -0.3 is 9.29 Å². The molecule has 0 spiro atoms. The Morgan fingerprint density at radius 2 is 1.64 bits per heavy atom. The van der Waals surface area contributed by atoms with Gasteiger partial charge in [-0.2, -0.15) is 0 Å². The Hall–Kier alpha value is -2.50. The minimum atomic E-state index is -2.40. The van der Waals surface area contributed by atoms with Crippen LogP contribution in [0.2, 0.25) is 0 Å². The van der Waals surface area contributed by atoms with E-state index >= 15 is 0 Å². The molecule has 0 fully saturated rings. The topological polar surface area (TPSA) is 66.4 Å². The van der Waals surface area contributed by atoms with Gasteiger partial charge in [-0.1, -0.05) is 42.5 Å². The van der Waals surface area contributed by atoms with Gasteiger partial charge in [0.05, 0.1) is 5.56 Å². The molecule has 0 aliphatic rings. The largest absolute Gasteiger partial charge is 0.768 e. The SMILES string of the molecule is O=C(Oc1cc(S(=O)[O-])cc2ccccc12)c1ccccc1. The molecule has 5 heteroatoms. The Balaban J connectivity index is 2.06. The first kappa shape index (κ1) is 14.4. The highest BCUT2D eigenvalue weighted by atomic mass is 32.2. The number of fused-ring (bicyclic) bond motifs is 1. The molecule has 0 heterocycles. The van der Waals surface area contributed by atoms with Crippen LogP contribution in [-0.4, -0.2) is 14.7 Å². The first-order valence-electron chi connectivity index (χ1n) is 6.54. The summed E-state index contributed by atoms with van der Waals surface area (Å²) in [6.45, 7) is 0. The predicted molar refractivity (Wildman–Crippen MR) is 82.5 cm³/mol. The van der Waals surface area contributed by atoms with Crippen molar-refractivity contribution >= 4 is 27.8 Å². The molecule has 1 unspecified atom stereocenters. The number of carbonyl (C=O) groups excluding carboxylic acids is 1. The number of hydrogen-bond donors (Lipinski definition) is 0. The maximum atomic E-state index is 12.2. The smallest absolute Gasteiger partial charge is 0.343 e. The third-order valence-corrected chi connectivity index (χ3v) is 3.82. The third kappa shape index (κ3) is 2.90. The van der Waals surface area contributed by atoms with E-state index in [0.29, 0.717) is 16.3 Å². The molecule has 0 radical (unpaired) electrons. The van der Waals surface area contributed by atoms with Crippen LogP contribution in [0.4, 0.5) is 0 Å². The molecule has 3 aromatic carbocycles. The lowest BCUT2D eigenvalue weighted by Gasteiger charge is -2.12. The molecule has 0 amide bonds. The number of hydrogen-bond acceptors (Lipinski definition) is 4. The van der Waals surface area contributed by atoms with Crippen LogP contribution in [0.25, 0.3) is 10.8 Å². The first-order chi connectivity index (χ1) is 10.6. The van der Waals surface area contributed by atoms with Crippen molar-refractivity contribution < 1.29 is 18.3 Å². The van der Waals surface area contributed by atoms with Crippen molar-refractivity contribution in [3.05, 3.63) is 72.3 Å². The minimum absolute atomic E-state index is 0.0783. The van der Waals surface area contributed by atoms with Crippen LogP contribution in [0, 0.1) is 0 Å². The van der Waals surface area contributed by atoms with Gasteiger partial charge in [-0.25, -0.2) is 4.79 Å². The van der Waals surface area contributed by atoms with Gasteiger partial charge in [-0.15, -0.1) is 0 Å². The number of carbonyl (C=O) groups is 1. The fourth-order valence-corrected chi connectivity index (χ4v) is 2.59. The lowest BCUT2D eigenvalue weighted by Crippen LogP contribution is -2.08. The molecule has 0 saturated carbocycles. The van der Waals surface area contributed by atoms with Crippen LogP contribution in [0.15, 0.2) is 71.6 Å². The Kier molecular flexibility index (Phi) is 4.00. The summed E-state index contributed by atoms with van der Waals surface area (Å²) in [5, 5.41) is 1.38. The van der Waals surface area contributed by atoms with Gasteiger partial charge in [-0.3, -0.25) is 4.21 Å². The summed E-state index contributed by atoms with van der Waals surface area (Å²) in [6.07, 6.45) is 0. The van der Waals surface area contributed by atoms with E-state index < -0.39 is 17.0 Å². The van der Waals surface area contributed by atoms with E-state index in [9.17, 15) is 13.6 Å². The van der Waals surface area contributed by atoms with Gasteiger partial charge in [-0.05, 0) is 40.7 Å². The molecule has 0 saturated heterocycles. The van der Waals surface area contributed by atoms with E-state index in [1.54, 1.807) is 54.6 Å². The highest BCUT2D eigenvalue weighted by Crippen LogP contribution is 2.29. The average Bonchev–Trinajstić information content (AvgIpc) is 2.55. The van der Waals surface area contributed by atoms with E-state index in [1.807, 2.05) is 0 Å². The second kappa shape index (κ2) is 6.09. The monoisotopic (exact) mass is 311 g/mol. The molecule has 0 aromatic heterocycles. The summed E-state index contributed by atoms with van der Waals surface area (Å²) < 4.78 is 27.8. The van der Waals surface area contributed by atoms with Crippen LogP contribution < -0.4 is 4.74 Å². The predicted octanol–water partition coefficient (Wildman–Crippen LogP) is 3.30. The summed E-state index contributed by atoms with van der Waals surface area (Å²) in [6, 6.07) is 18.6. The average molecular weight is 311 g/mol. The van der Waals surface area contributed by atoms with Gasteiger partial charge in [0.2, 0.25) is 0 Å². The van der Waals surface area contributed by atoms with Crippen molar-refractivity contribution in [1.82, 2.24) is 0 Å². The van der Waals surface area contributed by atoms with Crippen molar-refractivity contribution in [2.24, 2.45) is 0 Å². The highest BCUT2D eigenvalue weighted by molar-refractivity contribution is 7.79. The molecule has 22 heavy (non-hydrogen) atoms. The Morgan fingerprint density at radius 1 is 0.955 bits per heavy atom. The Bertz CT molecular complexity index is 859. The van der Waals surface area contributed by atoms with Gasteiger partial charge in [0.25, 0.3) is 0 Å². The molecule has 110 valence electrons. The number of benzene rings is 3. The second-order valence-corrected chi connectivity index (χ2v) is 5.57. The van der Waals surface area contributed by atoms with Gasteiger partial charge in [0.15, 0.2) is 0 Å². The minimum Gasteiger partial charge on any atom is -0.768 e. The zero-order chi connectivity index (χ0) is 15.5. The molecular formula is C17H11O4S-. The highest BCUT2D eigenvalue weighted by Gasteiger charge is 2.12. The zero-order valence-corrected chi connectivity index (χ0v) is 12.2. The molecular weight excluding hydrogens is 300 g/mol. The molecule has 3 rings (SSSR count). The van der Waals surface area contributed by atoms with E-state index in [1.165, 1.54) is 12.1 Å². The molecule has 0 bridgehead atoms. The molecule has 0 N–H and O–H groups in total. The quantitative estimate of drug-likeness (QED) is 0.423. The lowest BCUT2D eigenvalue weighted by atomic mass is 10.1. The summed E-state index contributed by atoms with van der Waals surface area (Å²) in [4.78, 5) is 12.2. The van der Waals surface area contributed by atoms with Crippen LogP contribution in [0.1, 0.15) is 10.4 Å². The molecule has 0 aliphatic heterocycles.